The lowest BCUT2D eigenvalue weighted by Gasteiger charge is -2.15. The predicted molar refractivity (Wildman–Crippen MR) is 100 cm³/mol. The highest BCUT2D eigenvalue weighted by atomic mass is 127. The van der Waals surface area contributed by atoms with Gasteiger partial charge in [-0.1, -0.05) is 37.3 Å². The van der Waals surface area contributed by atoms with Crippen LogP contribution in [0.5, 0.6) is 0 Å². The molecule has 1 fully saturated rings. The number of carbonyl (C=O) groups is 1. The minimum absolute atomic E-state index is 0. The molecule has 2 unspecified atom stereocenters. The lowest BCUT2D eigenvalue weighted by atomic mass is 10.2. The van der Waals surface area contributed by atoms with Gasteiger partial charge >= 0.3 is 0 Å². The second-order valence-corrected chi connectivity index (χ2v) is 5.76. The molecule has 0 radical (unpaired) electrons. The van der Waals surface area contributed by atoms with Crippen LogP contribution < -0.4 is 10.6 Å². The summed E-state index contributed by atoms with van der Waals surface area (Å²) in [5, 5.41) is 6.48. The summed E-state index contributed by atoms with van der Waals surface area (Å²) in [4.78, 5) is 17.8. The van der Waals surface area contributed by atoms with Crippen LogP contribution in [-0.4, -0.2) is 43.4 Å². The summed E-state index contributed by atoms with van der Waals surface area (Å²) < 4.78 is 0. The standard InChI is InChI=1S/C16H24N4O.HI/c1-12-9-14(12)19-16(18-11-15(21)20(2)3)17-10-13-7-5-4-6-8-13;/h4-8,12,14H,9-11H2,1-3H3,(H2,17,18,19);1H. The second kappa shape index (κ2) is 8.97. The summed E-state index contributed by atoms with van der Waals surface area (Å²) in [6.07, 6.45) is 1.16. The molecule has 1 aromatic carbocycles. The molecule has 5 nitrogen and oxygen atoms in total. The van der Waals surface area contributed by atoms with Crippen LogP contribution >= 0.6 is 24.0 Å². The number of nitrogens with one attached hydrogen (secondary N) is 2. The molecule has 1 saturated carbocycles. The second-order valence-electron chi connectivity index (χ2n) is 5.76. The van der Waals surface area contributed by atoms with Crippen molar-refractivity contribution in [2.24, 2.45) is 10.9 Å². The van der Waals surface area contributed by atoms with E-state index in [1.54, 1.807) is 19.0 Å². The van der Waals surface area contributed by atoms with Crippen LogP contribution in [0, 0.1) is 5.92 Å². The molecule has 2 rings (SSSR count). The first-order chi connectivity index (χ1) is 10.1. The largest absolute Gasteiger partial charge is 0.353 e. The monoisotopic (exact) mass is 416 g/mol. The van der Waals surface area contributed by atoms with Crippen molar-refractivity contribution < 1.29 is 4.79 Å². The highest BCUT2D eigenvalue weighted by Gasteiger charge is 2.33. The average Bonchev–Trinajstić information content (AvgIpc) is 3.17. The van der Waals surface area contributed by atoms with Crippen LogP contribution in [-0.2, 0) is 11.3 Å². The number of nitrogens with zero attached hydrogens (tertiary/aromatic N) is 2. The van der Waals surface area contributed by atoms with Crippen LogP contribution in [0.2, 0.25) is 0 Å². The van der Waals surface area contributed by atoms with Gasteiger partial charge < -0.3 is 15.5 Å². The molecule has 22 heavy (non-hydrogen) atoms. The summed E-state index contributed by atoms with van der Waals surface area (Å²) in [7, 11) is 3.50. The summed E-state index contributed by atoms with van der Waals surface area (Å²) in [5.74, 6) is 1.43. The zero-order valence-electron chi connectivity index (χ0n) is 13.4. The number of hydrogen-bond donors (Lipinski definition) is 2. The lowest BCUT2D eigenvalue weighted by Crippen LogP contribution is -2.44. The van der Waals surface area contributed by atoms with E-state index in [4.69, 9.17) is 0 Å². The van der Waals surface area contributed by atoms with Gasteiger partial charge in [0.15, 0.2) is 5.96 Å². The van der Waals surface area contributed by atoms with E-state index in [9.17, 15) is 4.79 Å². The van der Waals surface area contributed by atoms with Crippen LogP contribution in [0.3, 0.4) is 0 Å². The van der Waals surface area contributed by atoms with Gasteiger partial charge in [0.25, 0.3) is 0 Å². The zero-order valence-corrected chi connectivity index (χ0v) is 15.7. The maximum atomic E-state index is 11.7. The van der Waals surface area contributed by atoms with Crippen LogP contribution in [0.1, 0.15) is 18.9 Å². The minimum atomic E-state index is 0. The van der Waals surface area contributed by atoms with Crippen LogP contribution in [0.4, 0.5) is 0 Å². The fraction of sp³-hybridized carbons (Fsp3) is 0.500. The topological polar surface area (TPSA) is 56.7 Å². The number of guanidine groups is 1. The van der Waals surface area contributed by atoms with Gasteiger partial charge in [-0.2, -0.15) is 0 Å². The first kappa shape index (κ1) is 18.7. The van der Waals surface area contributed by atoms with Crippen molar-refractivity contribution in [1.82, 2.24) is 15.5 Å². The highest BCUT2D eigenvalue weighted by Crippen LogP contribution is 2.28. The number of halogens is 1. The summed E-state index contributed by atoms with van der Waals surface area (Å²) >= 11 is 0. The van der Waals surface area contributed by atoms with Crippen LogP contribution in [0.25, 0.3) is 0 Å². The maximum Gasteiger partial charge on any atom is 0.241 e. The highest BCUT2D eigenvalue weighted by molar-refractivity contribution is 14.0. The molecule has 1 aliphatic carbocycles. The quantitative estimate of drug-likeness (QED) is 0.438. The van der Waals surface area contributed by atoms with E-state index < -0.39 is 0 Å². The van der Waals surface area contributed by atoms with Gasteiger partial charge in [-0.15, -0.1) is 24.0 Å². The molecule has 0 bridgehead atoms. The van der Waals surface area contributed by atoms with E-state index in [2.05, 4.69) is 22.5 Å². The first-order valence-corrected chi connectivity index (χ1v) is 7.35. The number of aliphatic imine (C=N–C) groups is 1. The number of hydrogen-bond acceptors (Lipinski definition) is 2. The first-order valence-electron chi connectivity index (χ1n) is 7.35. The van der Waals surface area contributed by atoms with Gasteiger partial charge in [0.1, 0.15) is 0 Å². The Morgan fingerprint density at radius 1 is 1.32 bits per heavy atom. The van der Waals surface area contributed by atoms with Gasteiger partial charge in [0, 0.05) is 20.1 Å². The molecule has 1 aliphatic rings. The van der Waals surface area contributed by atoms with Crippen molar-refractivity contribution in [1.29, 1.82) is 0 Å². The zero-order chi connectivity index (χ0) is 15.2. The smallest absolute Gasteiger partial charge is 0.241 e. The Bertz CT molecular complexity index is 504. The van der Waals surface area contributed by atoms with Crippen molar-refractivity contribution in [2.45, 2.75) is 25.9 Å². The van der Waals surface area contributed by atoms with Gasteiger partial charge in [0.2, 0.25) is 5.91 Å². The molecule has 122 valence electrons. The Hall–Kier alpha value is -1.31. The molecule has 0 aliphatic heterocycles. The fourth-order valence-corrected chi connectivity index (χ4v) is 1.92. The molecule has 0 aromatic heterocycles. The van der Waals surface area contributed by atoms with E-state index in [1.807, 2.05) is 30.3 Å². The fourth-order valence-electron chi connectivity index (χ4n) is 1.92. The van der Waals surface area contributed by atoms with Crippen molar-refractivity contribution >= 4 is 35.8 Å². The van der Waals surface area contributed by atoms with Gasteiger partial charge in [-0.3, -0.25) is 4.79 Å². The van der Waals surface area contributed by atoms with E-state index >= 15 is 0 Å². The summed E-state index contributed by atoms with van der Waals surface area (Å²) in [5.41, 5.74) is 1.15. The Labute approximate surface area is 149 Å². The Morgan fingerprint density at radius 2 is 1.95 bits per heavy atom. The molecule has 0 heterocycles. The summed E-state index contributed by atoms with van der Waals surface area (Å²) in [6, 6.07) is 10.6. The average molecular weight is 416 g/mol. The van der Waals surface area contributed by atoms with Crippen molar-refractivity contribution in [2.75, 3.05) is 20.6 Å². The van der Waals surface area contributed by atoms with E-state index in [0.29, 0.717) is 24.5 Å². The van der Waals surface area contributed by atoms with Crippen molar-refractivity contribution in [3.63, 3.8) is 0 Å². The molecule has 0 spiro atoms. The Balaban J connectivity index is 0.00000242. The third-order valence-corrected chi connectivity index (χ3v) is 3.60. The Morgan fingerprint density at radius 3 is 2.50 bits per heavy atom. The Kier molecular flexibility index (Phi) is 7.64. The molecule has 0 saturated heterocycles. The molecule has 2 N–H and O–H groups in total. The maximum absolute atomic E-state index is 11.7. The third kappa shape index (κ3) is 6.21. The summed E-state index contributed by atoms with van der Waals surface area (Å²) in [6.45, 7) is 3.07. The van der Waals surface area contributed by atoms with E-state index in [-0.39, 0.29) is 36.4 Å². The normalized spacial score (nSPS) is 19.9. The molecular formula is C16H25IN4O. The molecule has 1 amide bonds. The number of rotatable bonds is 5. The molecule has 1 aromatic rings. The van der Waals surface area contributed by atoms with Gasteiger partial charge in [0.05, 0.1) is 13.1 Å². The van der Waals surface area contributed by atoms with Gasteiger partial charge in [-0.05, 0) is 17.9 Å². The number of likely N-dealkylation sites (N-methyl/N-ethyl adjacent to an activating group) is 1. The number of amides is 1. The van der Waals surface area contributed by atoms with Crippen molar-refractivity contribution in [3.05, 3.63) is 35.9 Å². The molecule has 2 atom stereocenters. The SMILES string of the molecule is CC1CC1NC(=NCc1ccccc1)NCC(=O)N(C)C.I. The molecular weight excluding hydrogens is 391 g/mol. The predicted octanol–water partition coefficient (Wildman–Crippen LogP) is 1.84. The number of carbonyl (C=O) groups excluding carboxylic acids is 1. The lowest BCUT2D eigenvalue weighted by molar-refractivity contribution is -0.127. The minimum Gasteiger partial charge on any atom is -0.353 e. The van der Waals surface area contributed by atoms with Crippen LogP contribution in [0.15, 0.2) is 35.3 Å². The molecule has 6 heteroatoms. The van der Waals surface area contributed by atoms with Crippen molar-refractivity contribution in [3.8, 4) is 0 Å². The van der Waals surface area contributed by atoms with Gasteiger partial charge in [-0.25, -0.2) is 4.99 Å². The van der Waals surface area contributed by atoms with E-state index in [1.165, 1.54) is 0 Å². The third-order valence-electron chi connectivity index (χ3n) is 3.60. The number of benzene rings is 1. The van der Waals surface area contributed by atoms with E-state index in [0.717, 1.165) is 12.0 Å².